The van der Waals surface area contributed by atoms with E-state index in [1.807, 2.05) is 0 Å². The van der Waals surface area contributed by atoms with Crippen LogP contribution in [0.5, 0.6) is 0 Å². The fraction of sp³-hybridized carbons (Fsp3) is 1.00. The van der Waals surface area contributed by atoms with E-state index in [2.05, 4.69) is 65.9 Å². The molecule has 1 N–H and O–H groups in total. The van der Waals surface area contributed by atoms with Crippen LogP contribution in [0.4, 0.5) is 0 Å². The van der Waals surface area contributed by atoms with E-state index in [4.69, 9.17) is 0 Å². The quantitative estimate of drug-likeness (QED) is 0.749. The predicted octanol–water partition coefficient (Wildman–Crippen LogP) is 2.35. The van der Waals surface area contributed by atoms with E-state index in [1.165, 1.54) is 0 Å². The van der Waals surface area contributed by atoms with Gasteiger partial charge in [-0.05, 0) is 40.3 Å². The van der Waals surface area contributed by atoms with Crippen LogP contribution in [0.2, 0.25) is 0 Å². The van der Waals surface area contributed by atoms with Gasteiger partial charge in [-0.25, -0.2) is 0 Å². The van der Waals surface area contributed by atoms with E-state index < -0.39 is 0 Å². The van der Waals surface area contributed by atoms with Gasteiger partial charge >= 0.3 is 0 Å². The average Bonchev–Trinajstić information content (AvgIpc) is 1.98. The standard InChI is InChI=1S/C12H28N2/c1-10(11(2,3)4)13-9-12(5,6)14(7)8/h10,13H,9H2,1-8H3. The molecular weight excluding hydrogens is 172 g/mol. The molecule has 0 aromatic carbocycles. The third-order valence-electron chi connectivity index (χ3n) is 3.35. The third kappa shape index (κ3) is 4.43. The van der Waals surface area contributed by atoms with Crippen molar-refractivity contribution in [3.05, 3.63) is 0 Å². The van der Waals surface area contributed by atoms with Crippen LogP contribution in [-0.2, 0) is 0 Å². The van der Waals surface area contributed by atoms with E-state index in [0.717, 1.165) is 6.54 Å². The molecule has 0 aliphatic rings. The summed E-state index contributed by atoms with van der Waals surface area (Å²) in [5.74, 6) is 0. The lowest BCUT2D eigenvalue weighted by atomic mass is 9.87. The summed E-state index contributed by atoms with van der Waals surface area (Å²) >= 11 is 0. The van der Waals surface area contributed by atoms with E-state index in [9.17, 15) is 0 Å². The zero-order chi connectivity index (χ0) is 11.6. The number of likely N-dealkylation sites (N-methyl/N-ethyl adjacent to an activating group) is 1. The second-order valence-electron chi connectivity index (χ2n) is 6.18. The van der Waals surface area contributed by atoms with Gasteiger partial charge in [0.2, 0.25) is 0 Å². The Morgan fingerprint density at radius 2 is 1.50 bits per heavy atom. The first-order valence-corrected chi connectivity index (χ1v) is 5.48. The fourth-order valence-corrected chi connectivity index (χ4v) is 0.867. The maximum Gasteiger partial charge on any atom is 0.0271 e. The first kappa shape index (κ1) is 13.9. The van der Waals surface area contributed by atoms with Gasteiger partial charge in [0.15, 0.2) is 0 Å². The van der Waals surface area contributed by atoms with Crippen molar-refractivity contribution in [2.45, 2.75) is 53.1 Å². The molecule has 0 amide bonds. The minimum Gasteiger partial charge on any atom is -0.312 e. The molecule has 0 bridgehead atoms. The van der Waals surface area contributed by atoms with Crippen LogP contribution in [0.1, 0.15) is 41.5 Å². The lowest BCUT2D eigenvalue weighted by Gasteiger charge is -2.36. The van der Waals surface area contributed by atoms with Crippen molar-refractivity contribution in [3.8, 4) is 0 Å². The fourth-order valence-electron chi connectivity index (χ4n) is 0.867. The molecule has 14 heavy (non-hydrogen) atoms. The van der Waals surface area contributed by atoms with Crippen molar-refractivity contribution in [1.29, 1.82) is 0 Å². The smallest absolute Gasteiger partial charge is 0.0271 e. The molecule has 0 radical (unpaired) electrons. The van der Waals surface area contributed by atoms with Crippen LogP contribution >= 0.6 is 0 Å². The van der Waals surface area contributed by atoms with Crippen molar-refractivity contribution >= 4 is 0 Å². The summed E-state index contributed by atoms with van der Waals surface area (Å²) in [6.07, 6.45) is 0. The monoisotopic (exact) mass is 200 g/mol. The van der Waals surface area contributed by atoms with Crippen molar-refractivity contribution in [1.82, 2.24) is 10.2 Å². The molecule has 0 rings (SSSR count). The Morgan fingerprint density at radius 1 is 1.07 bits per heavy atom. The Labute approximate surface area is 90.1 Å². The van der Waals surface area contributed by atoms with Crippen LogP contribution in [0, 0.1) is 5.41 Å². The molecule has 1 unspecified atom stereocenters. The third-order valence-corrected chi connectivity index (χ3v) is 3.35. The number of nitrogens with one attached hydrogen (secondary N) is 1. The molecular formula is C12H28N2. The lowest BCUT2D eigenvalue weighted by Crippen LogP contribution is -2.51. The summed E-state index contributed by atoms with van der Waals surface area (Å²) < 4.78 is 0. The zero-order valence-corrected chi connectivity index (χ0v) is 11.2. The highest BCUT2D eigenvalue weighted by Gasteiger charge is 2.24. The summed E-state index contributed by atoms with van der Waals surface area (Å²) in [4.78, 5) is 2.26. The van der Waals surface area contributed by atoms with Crippen LogP contribution in [0.15, 0.2) is 0 Å². The molecule has 0 heterocycles. The molecule has 2 nitrogen and oxygen atoms in total. The van der Waals surface area contributed by atoms with Crippen molar-refractivity contribution in [2.24, 2.45) is 5.41 Å². The molecule has 0 aromatic rings. The molecule has 2 heteroatoms. The summed E-state index contributed by atoms with van der Waals surface area (Å²) in [7, 11) is 4.26. The highest BCUT2D eigenvalue weighted by Crippen LogP contribution is 2.19. The maximum atomic E-state index is 3.60. The minimum atomic E-state index is 0.222. The maximum absolute atomic E-state index is 3.60. The Kier molecular flexibility index (Phi) is 4.60. The van der Waals surface area contributed by atoms with E-state index >= 15 is 0 Å². The highest BCUT2D eigenvalue weighted by atomic mass is 15.2. The van der Waals surface area contributed by atoms with Gasteiger partial charge in [0.05, 0.1) is 0 Å². The first-order chi connectivity index (χ1) is 6.07. The van der Waals surface area contributed by atoms with Gasteiger partial charge in [-0.15, -0.1) is 0 Å². The Morgan fingerprint density at radius 3 is 1.79 bits per heavy atom. The molecule has 0 aliphatic carbocycles. The molecule has 0 fully saturated rings. The second-order valence-corrected chi connectivity index (χ2v) is 6.18. The van der Waals surface area contributed by atoms with E-state index in [1.54, 1.807) is 0 Å². The zero-order valence-electron chi connectivity index (χ0n) is 11.2. The van der Waals surface area contributed by atoms with Gasteiger partial charge in [0.25, 0.3) is 0 Å². The average molecular weight is 200 g/mol. The molecule has 86 valence electrons. The van der Waals surface area contributed by atoms with E-state index in [-0.39, 0.29) is 5.54 Å². The second kappa shape index (κ2) is 4.63. The van der Waals surface area contributed by atoms with E-state index in [0.29, 0.717) is 11.5 Å². The van der Waals surface area contributed by atoms with Crippen molar-refractivity contribution in [3.63, 3.8) is 0 Å². The minimum absolute atomic E-state index is 0.222. The summed E-state index contributed by atoms with van der Waals surface area (Å²) in [5.41, 5.74) is 0.557. The summed E-state index contributed by atoms with van der Waals surface area (Å²) in [5, 5.41) is 3.60. The van der Waals surface area contributed by atoms with Gasteiger partial charge in [0, 0.05) is 18.1 Å². The topological polar surface area (TPSA) is 15.3 Å². The Balaban J connectivity index is 4.07. The largest absolute Gasteiger partial charge is 0.312 e. The number of hydrogen-bond acceptors (Lipinski definition) is 2. The normalized spacial score (nSPS) is 16.1. The van der Waals surface area contributed by atoms with Crippen LogP contribution in [0.3, 0.4) is 0 Å². The Bertz CT molecular complexity index is 166. The van der Waals surface area contributed by atoms with Gasteiger partial charge < -0.3 is 10.2 Å². The Hall–Kier alpha value is -0.0800. The number of hydrogen-bond donors (Lipinski definition) is 1. The van der Waals surface area contributed by atoms with Crippen molar-refractivity contribution in [2.75, 3.05) is 20.6 Å². The molecule has 0 spiro atoms. The first-order valence-electron chi connectivity index (χ1n) is 5.48. The van der Waals surface area contributed by atoms with Crippen LogP contribution in [-0.4, -0.2) is 37.1 Å². The van der Waals surface area contributed by atoms with Gasteiger partial charge in [-0.2, -0.15) is 0 Å². The van der Waals surface area contributed by atoms with Crippen LogP contribution < -0.4 is 5.32 Å². The van der Waals surface area contributed by atoms with Crippen molar-refractivity contribution < 1.29 is 0 Å². The van der Waals surface area contributed by atoms with Gasteiger partial charge in [0.1, 0.15) is 0 Å². The number of nitrogens with zero attached hydrogens (tertiary/aromatic N) is 1. The highest BCUT2D eigenvalue weighted by molar-refractivity contribution is 4.84. The molecule has 0 saturated carbocycles. The predicted molar refractivity (Wildman–Crippen MR) is 64.7 cm³/mol. The number of rotatable bonds is 4. The molecule has 0 saturated heterocycles. The van der Waals surface area contributed by atoms with Crippen LogP contribution in [0.25, 0.3) is 0 Å². The summed E-state index contributed by atoms with van der Waals surface area (Å²) in [6.45, 7) is 14.6. The molecule has 0 aliphatic heterocycles. The lowest BCUT2D eigenvalue weighted by molar-refractivity contribution is 0.169. The summed E-state index contributed by atoms with van der Waals surface area (Å²) in [6, 6.07) is 0.543. The SMILES string of the molecule is CC(NCC(C)(C)N(C)C)C(C)(C)C. The molecule has 0 aromatic heterocycles. The molecule has 1 atom stereocenters. The van der Waals surface area contributed by atoms with Gasteiger partial charge in [-0.3, -0.25) is 0 Å². The van der Waals surface area contributed by atoms with Gasteiger partial charge in [-0.1, -0.05) is 20.8 Å².